The zero-order valence-electron chi connectivity index (χ0n) is 8.69. The van der Waals surface area contributed by atoms with Crippen LogP contribution in [0.2, 0.25) is 0 Å². The van der Waals surface area contributed by atoms with E-state index in [4.69, 9.17) is 0 Å². The lowest BCUT2D eigenvalue weighted by Crippen LogP contribution is -2.35. The van der Waals surface area contributed by atoms with Crippen molar-refractivity contribution >= 4 is 31.6 Å². The number of hydrogen-bond donors (Lipinski definition) is 1. The summed E-state index contributed by atoms with van der Waals surface area (Å²) >= 11 is 3.35. The van der Waals surface area contributed by atoms with E-state index in [0.29, 0.717) is 5.75 Å². The number of rotatable bonds is 2. The van der Waals surface area contributed by atoms with Crippen LogP contribution in [0.4, 0.5) is 5.82 Å². The van der Waals surface area contributed by atoms with E-state index in [1.165, 1.54) is 0 Å². The first-order valence-corrected chi connectivity index (χ1v) is 7.75. The second kappa shape index (κ2) is 4.71. The molecule has 1 atom stereocenters. The van der Waals surface area contributed by atoms with Gasteiger partial charge in [-0.05, 0) is 25.0 Å². The van der Waals surface area contributed by atoms with Crippen molar-refractivity contribution in [3.8, 4) is 0 Å². The Labute approximate surface area is 104 Å². The summed E-state index contributed by atoms with van der Waals surface area (Å²) in [6, 6.07) is 3.67. The molecule has 2 heterocycles. The van der Waals surface area contributed by atoms with Gasteiger partial charge in [-0.2, -0.15) is 0 Å². The van der Waals surface area contributed by atoms with E-state index >= 15 is 0 Å². The third-order valence-corrected chi connectivity index (χ3v) is 4.85. The molecule has 88 valence electrons. The van der Waals surface area contributed by atoms with E-state index in [1.54, 1.807) is 6.20 Å². The molecule has 1 unspecified atom stereocenters. The second-order valence-electron chi connectivity index (χ2n) is 3.96. The molecule has 0 aliphatic carbocycles. The predicted octanol–water partition coefficient (Wildman–Crippen LogP) is 1.83. The number of aromatic nitrogens is 1. The fraction of sp³-hybridized carbons (Fsp3) is 0.500. The van der Waals surface area contributed by atoms with Crippen molar-refractivity contribution in [3.63, 3.8) is 0 Å². The molecule has 0 amide bonds. The van der Waals surface area contributed by atoms with Crippen LogP contribution in [0, 0.1) is 0 Å². The molecule has 6 heteroatoms. The molecule has 16 heavy (non-hydrogen) atoms. The first kappa shape index (κ1) is 11.9. The van der Waals surface area contributed by atoms with Gasteiger partial charge in [0.25, 0.3) is 0 Å². The van der Waals surface area contributed by atoms with Crippen molar-refractivity contribution in [1.82, 2.24) is 4.98 Å². The quantitative estimate of drug-likeness (QED) is 0.905. The minimum atomic E-state index is -2.86. The smallest absolute Gasteiger partial charge is 0.152 e. The normalized spacial score (nSPS) is 23.9. The summed E-state index contributed by atoms with van der Waals surface area (Å²) in [6.45, 7) is 0. The summed E-state index contributed by atoms with van der Waals surface area (Å²) < 4.78 is 23.8. The van der Waals surface area contributed by atoms with Crippen LogP contribution in [-0.2, 0) is 9.84 Å². The lowest BCUT2D eigenvalue weighted by Gasteiger charge is -2.23. The van der Waals surface area contributed by atoms with E-state index in [1.807, 2.05) is 12.1 Å². The van der Waals surface area contributed by atoms with Crippen molar-refractivity contribution < 1.29 is 8.42 Å². The maximum absolute atomic E-state index is 11.4. The van der Waals surface area contributed by atoms with E-state index in [-0.39, 0.29) is 11.8 Å². The molecule has 1 aliphatic rings. The first-order valence-electron chi connectivity index (χ1n) is 5.14. The Morgan fingerprint density at radius 2 is 2.31 bits per heavy atom. The number of sulfone groups is 1. The van der Waals surface area contributed by atoms with E-state index < -0.39 is 9.84 Å². The molecule has 1 aromatic rings. The van der Waals surface area contributed by atoms with Crippen LogP contribution in [-0.4, -0.2) is 30.9 Å². The molecule has 1 N–H and O–H groups in total. The third-order valence-electron chi connectivity index (χ3n) is 2.54. The van der Waals surface area contributed by atoms with Crippen LogP contribution in [0.15, 0.2) is 22.8 Å². The van der Waals surface area contributed by atoms with E-state index in [0.717, 1.165) is 23.1 Å². The van der Waals surface area contributed by atoms with Gasteiger partial charge in [0.2, 0.25) is 0 Å². The molecule has 2 rings (SSSR count). The zero-order valence-corrected chi connectivity index (χ0v) is 11.1. The van der Waals surface area contributed by atoms with Crippen LogP contribution in [0.3, 0.4) is 0 Å². The number of halogens is 1. The van der Waals surface area contributed by atoms with Crippen LogP contribution in [0.5, 0.6) is 0 Å². The Morgan fingerprint density at radius 3 is 3.00 bits per heavy atom. The summed E-state index contributed by atoms with van der Waals surface area (Å²) in [7, 11) is -2.86. The average molecular weight is 305 g/mol. The van der Waals surface area contributed by atoms with Gasteiger partial charge in [0.15, 0.2) is 9.84 Å². The number of nitrogens with one attached hydrogen (secondary N) is 1. The molecule has 1 fully saturated rings. The molecule has 4 nitrogen and oxygen atoms in total. The van der Waals surface area contributed by atoms with Crippen molar-refractivity contribution in [2.24, 2.45) is 0 Å². The maximum Gasteiger partial charge on any atom is 0.152 e. The summed E-state index contributed by atoms with van der Waals surface area (Å²) in [5.74, 6) is 1.25. The highest BCUT2D eigenvalue weighted by molar-refractivity contribution is 9.10. The summed E-state index contributed by atoms with van der Waals surface area (Å²) in [5.41, 5.74) is 0. The highest BCUT2D eigenvalue weighted by Gasteiger charge is 2.24. The maximum atomic E-state index is 11.4. The molecule has 0 saturated carbocycles. The number of anilines is 1. The molecule has 0 spiro atoms. The van der Waals surface area contributed by atoms with Gasteiger partial charge in [-0.15, -0.1) is 0 Å². The Bertz CT molecular complexity index is 475. The molecule has 1 aromatic heterocycles. The standard InChI is InChI=1S/C10H13BrN2O2S/c11-8-3-4-12-10(6-8)13-9-2-1-5-16(14,15)7-9/h3-4,6,9H,1-2,5,7H2,(H,12,13). The van der Waals surface area contributed by atoms with Gasteiger partial charge in [0.1, 0.15) is 5.82 Å². The van der Waals surface area contributed by atoms with Gasteiger partial charge in [-0.3, -0.25) is 0 Å². The number of nitrogens with zero attached hydrogens (tertiary/aromatic N) is 1. The lowest BCUT2D eigenvalue weighted by molar-refractivity contribution is 0.561. The van der Waals surface area contributed by atoms with Crippen molar-refractivity contribution in [1.29, 1.82) is 0 Å². The van der Waals surface area contributed by atoms with E-state index in [2.05, 4.69) is 26.2 Å². The minimum absolute atomic E-state index is 0.0134. The predicted molar refractivity (Wildman–Crippen MR) is 67.2 cm³/mol. The third kappa shape index (κ3) is 3.18. The van der Waals surface area contributed by atoms with Gasteiger partial charge in [-0.1, -0.05) is 15.9 Å². The summed E-state index contributed by atoms with van der Waals surface area (Å²) in [5, 5.41) is 3.16. The first-order chi connectivity index (χ1) is 7.55. The average Bonchev–Trinajstić information content (AvgIpc) is 2.15. The van der Waals surface area contributed by atoms with Crippen molar-refractivity contribution in [2.75, 3.05) is 16.8 Å². The molecular formula is C10H13BrN2O2S. The Morgan fingerprint density at radius 1 is 1.50 bits per heavy atom. The zero-order chi connectivity index (χ0) is 11.6. The molecule has 1 aliphatic heterocycles. The van der Waals surface area contributed by atoms with Crippen LogP contribution in [0.25, 0.3) is 0 Å². The number of hydrogen-bond acceptors (Lipinski definition) is 4. The molecular weight excluding hydrogens is 292 g/mol. The lowest BCUT2D eigenvalue weighted by atomic mass is 10.2. The van der Waals surface area contributed by atoms with Gasteiger partial charge in [-0.25, -0.2) is 13.4 Å². The summed E-state index contributed by atoms with van der Waals surface area (Å²) in [6.07, 6.45) is 3.30. The monoisotopic (exact) mass is 304 g/mol. The Kier molecular flexibility index (Phi) is 3.49. The minimum Gasteiger partial charge on any atom is -0.366 e. The van der Waals surface area contributed by atoms with Gasteiger partial charge in [0, 0.05) is 16.7 Å². The topological polar surface area (TPSA) is 59.1 Å². The largest absolute Gasteiger partial charge is 0.366 e. The number of pyridine rings is 1. The van der Waals surface area contributed by atoms with Gasteiger partial charge in [0.05, 0.1) is 11.5 Å². The molecule has 0 bridgehead atoms. The summed E-state index contributed by atoms with van der Waals surface area (Å²) in [4.78, 5) is 4.15. The molecule has 0 aromatic carbocycles. The van der Waals surface area contributed by atoms with E-state index in [9.17, 15) is 8.42 Å². The Balaban J connectivity index is 2.05. The van der Waals surface area contributed by atoms with Crippen LogP contribution in [0.1, 0.15) is 12.8 Å². The fourth-order valence-electron chi connectivity index (χ4n) is 1.83. The van der Waals surface area contributed by atoms with Crippen LogP contribution >= 0.6 is 15.9 Å². The SMILES string of the molecule is O=S1(=O)CCCC(Nc2cc(Br)ccn2)C1. The molecule has 1 saturated heterocycles. The van der Waals surface area contributed by atoms with Gasteiger partial charge < -0.3 is 5.32 Å². The van der Waals surface area contributed by atoms with Crippen molar-refractivity contribution in [2.45, 2.75) is 18.9 Å². The highest BCUT2D eigenvalue weighted by Crippen LogP contribution is 2.18. The molecule has 0 radical (unpaired) electrons. The van der Waals surface area contributed by atoms with Crippen LogP contribution < -0.4 is 5.32 Å². The Hall–Kier alpha value is -0.620. The highest BCUT2D eigenvalue weighted by atomic mass is 79.9. The van der Waals surface area contributed by atoms with Crippen molar-refractivity contribution in [3.05, 3.63) is 22.8 Å². The van der Waals surface area contributed by atoms with Gasteiger partial charge >= 0.3 is 0 Å². The fourth-order valence-corrected chi connectivity index (χ4v) is 3.80. The second-order valence-corrected chi connectivity index (χ2v) is 7.10.